The molecular formula is C14H14FNO2. The van der Waals surface area contributed by atoms with Crippen molar-refractivity contribution in [1.82, 2.24) is 5.32 Å². The van der Waals surface area contributed by atoms with E-state index in [9.17, 15) is 9.18 Å². The average Bonchev–Trinajstić information content (AvgIpc) is 2.85. The maximum Gasteiger partial charge on any atom is 0.225 e. The quantitative estimate of drug-likeness (QED) is 0.902. The van der Waals surface area contributed by atoms with E-state index in [-0.39, 0.29) is 24.2 Å². The fraction of sp³-hybridized carbons (Fsp3) is 0.214. The third-order valence-corrected chi connectivity index (χ3v) is 2.66. The van der Waals surface area contributed by atoms with Crippen LogP contribution in [-0.2, 0) is 11.2 Å². The van der Waals surface area contributed by atoms with Crippen molar-refractivity contribution >= 4 is 5.91 Å². The van der Waals surface area contributed by atoms with Gasteiger partial charge in [0, 0.05) is 0 Å². The second-order valence-electron chi connectivity index (χ2n) is 4.07. The zero-order valence-corrected chi connectivity index (χ0v) is 10.0. The highest BCUT2D eigenvalue weighted by atomic mass is 19.1. The van der Waals surface area contributed by atoms with Crippen molar-refractivity contribution < 1.29 is 13.6 Å². The second kappa shape index (κ2) is 5.49. The van der Waals surface area contributed by atoms with Crippen molar-refractivity contribution in [2.45, 2.75) is 19.4 Å². The van der Waals surface area contributed by atoms with Gasteiger partial charge < -0.3 is 9.73 Å². The summed E-state index contributed by atoms with van der Waals surface area (Å²) in [7, 11) is 0. The highest BCUT2D eigenvalue weighted by Gasteiger charge is 2.13. The summed E-state index contributed by atoms with van der Waals surface area (Å²) in [6.07, 6.45) is 1.58. The highest BCUT2D eigenvalue weighted by molar-refractivity contribution is 5.78. The fourth-order valence-electron chi connectivity index (χ4n) is 1.72. The molecule has 1 atom stereocenters. The fourth-order valence-corrected chi connectivity index (χ4v) is 1.72. The molecule has 3 nitrogen and oxygen atoms in total. The van der Waals surface area contributed by atoms with E-state index in [1.54, 1.807) is 36.6 Å². The van der Waals surface area contributed by atoms with Gasteiger partial charge in [-0.2, -0.15) is 0 Å². The number of amides is 1. The van der Waals surface area contributed by atoms with E-state index < -0.39 is 0 Å². The van der Waals surface area contributed by atoms with E-state index in [4.69, 9.17) is 4.42 Å². The molecule has 2 rings (SSSR count). The van der Waals surface area contributed by atoms with Crippen LogP contribution in [-0.4, -0.2) is 5.91 Å². The molecule has 0 fully saturated rings. The SMILES string of the molecule is CC(NC(=O)Cc1ccccc1F)c1ccco1. The molecule has 2 aromatic rings. The number of furan rings is 1. The molecule has 0 spiro atoms. The number of carbonyl (C=O) groups is 1. The van der Waals surface area contributed by atoms with Gasteiger partial charge in [0.1, 0.15) is 11.6 Å². The van der Waals surface area contributed by atoms with Crippen molar-refractivity contribution in [3.05, 3.63) is 59.8 Å². The van der Waals surface area contributed by atoms with Crippen molar-refractivity contribution in [3.8, 4) is 0 Å². The van der Waals surface area contributed by atoms with Crippen LogP contribution in [0, 0.1) is 5.82 Å². The highest BCUT2D eigenvalue weighted by Crippen LogP contribution is 2.13. The minimum absolute atomic E-state index is 0.0255. The lowest BCUT2D eigenvalue weighted by atomic mass is 10.1. The molecule has 1 unspecified atom stereocenters. The van der Waals surface area contributed by atoms with Crippen LogP contribution in [0.25, 0.3) is 0 Å². The molecule has 94 valence electrons. The predicted molar refractivity (Wildman–Crippen MR) is 65.4 cm³/mol. The number of halogens is 1. The van der Waals surface area contributed by atoms with Gasteiger partial charge in [0.2, 0.25) is 5.91 Å². The van der Waals surface area contributed by atoms with E-state index in [0.29, 0.717) is 11.3 Å². The molecular weight excluding hydrogens is 233 g/mol. The number of hydrogen-bond acceptors (Lipinski definition) is 2. The van der Waals surface area contributed by atoms with E-state index in [2.05, 4.69) is 5.32 Å². The van der Waals surface area contributed by atoms with Gasteiger partial charge in [-0.1, -0.05) is 18.2 Å². The normalized spacial score (nSPS) is 12.1. The minimum Gasteiger partial charge on any atom is -0.467 e. The zero-order chi connectivity index (χ0) is 13.0. The number of nitrogens with one attached hydrogen (secondary N) is 1. The molecule has 0 saturated heterocycles. The van der Waals surface area contributed by atoms with Gasteiger partial charge >= 0.3 is 0 Å². The Kier molecular flexibility index (Phi) is 3.77. The lowest BCUT2D eigenvalue weighted by Crippen LogP contribution is -2.28. The van der Waals surface area contributed by atoms with Crippen LogP contribution in [0.2, 0.25) is 0 Å². The van der Waals surface area contributed by atoms with Crippen molar-refractivity contribution in [1.29, 1.82) is 0 Å². The summed E-state index contributed by atoms with van der Waals surface area (Å²) in [5, 5.41) is 2.76. The lowest BCUT2D eigenvalue weighted by Gasteiger charge is -2.11. The second-order valence-corrected chi connectivity index (χ2v) is 4.07. The first kappa shape index (κ1) is 12.4. The largest absolute Gasteiger partial charge is 0.467 e. The minimum atomic E-state index is -0.363. The van der Waals surface area contributed by atoms with Gasteiger partial charge in [-0.15, -0.1) is 0 Å². The molecule has 18 heavy (non-hydrogen) atoms. The van der Waals surface area contributed by atoms with Crippen molar-refractivity contribution in [2.75, 3.05) is 0 Å². The molecule has 1 N–H and O–H groups in total. The summed E-state index contributed by atoms with van der Waals surface area (Å²) in [5.41, 5.74) is 0.390. The van der Waals surface area contributed by atoms with Crippen LogP contribution in [0.1, 0.15) is 24.3 Å². The Labute approximate surface area is 105 Å². The third kappa shape index (κ3) is 2.97. The van der Waals surface area contributed by atoms with Crippen LogP contribution < -0.4 is 5.32 Å². The topological polar surface area (TPSA) is 42.2 Å². The molecule has 1 aromatic heterocycles. The standard InChI is InChI=1S/C14H14FNO2/c1-10(13-7-4-8-18-13)16-14(17)9-11-5-2-3-6-12(11)15/h2-8,10H,9H2,1H3,(H,16,17). The summed E-state index contributed by atoms with van der Waals surface area (Å²) in [6, 6.07) is 9.58. The predicted octanol–water partition coefficient (Wildman–Crippen LogP) is 2.84. The van der Waals surface area contributed by atoms with Crippen LogP contribution in [0.15, 0.2) is 47.1 Å². The molecule has 0 bridgehead atoms. The first-order chi connectivity index (χ1) is 8.66. The van der Waals surface area contributed by atoms with Gasteiger partial charge in [-0.25, -0.2) is 4.39 Å². The Morgan fingerprint density at radius 3 is 2.78 bits per heavy atom. The Hall–Kier alpha value is -2.10. The number of rotatable bonds is 4. The molecule has 4 heteroatoms. The summed E-state index contributed by atoms with van der Waals surface area (Å²) < 4.78 is 18.5. The van der Waals surface area contributed by atoms with E-state index in [1.807, 2.05) is 6.92 Å². The van der Waals surface area contributed by atoms with Crippen molar-refractivity contribution in [3.63, 3.8) is 0 Å². The Bertz CT molecular complexity index is 522. The third-order valence-electron chi connectivity index (χ3n) is 2.66. The molecule has 1 heterocycles. The molecule has 0 aliphatic heterocycles. The van der Waals surface area contributed by atoms with Gasteiger partial charge in [0.25, 0.3) is 0 Å². The Balaban J connectivity index is 1.95. The average molecular weight is 247 g/mol. The Morgan fingerprint density at radius 1 is 1.33 bits per heavy atom. The molecule has 0 aliphatic rings. The maximum atomic E-state index is 13.4. The van der Waals surface area contributed by atoms with Gasteiger partial charge in [-0.05, 0) is 30.7 Å². The number of carbonyl (C=O) groups excluding carboxylic acids is 1. The molecule has 1 amide bonds. The zero-order valence-electron chi connectivity index (χ0n) is 10.0. The number of hydrogen-bond donors (Lipinski definition) is 1. The first-order valence-corrected chi connectivity index (χ1v) is 5.73. The molecule has 0 radical (unpaired) electrons. The van der Waals surface area contributed by atoms with Gasteiger partial charge in [-0.3, -0.25) is 4.79 Å². The monoisotopic (exact) mass is 247 g/mol. The van der Waals surface area contributed by atoms with Crippen LogP contribution in [0.3, 0.4) is 0 Å². The smallest absolute Gasteiger partial charge is 0.225 e. The van der Waals surface area contributed by atoms with Crippen LogP contribution in [0.5, 0.6) is 0 Å². The summed E-state index contributed by atoms with van der Waals surface area (Å²) in [4.78, 5) is 11.8. The molecule has 0 saturated carbocycles. The van der Waals surface area contributed by atoms with E-state index in [0.717, 1.165) is 0 Å². The van der Waals surface area contributed by atoms with E-state index >= 15 is 0 Å². The molecule has 1 aromatic carbocycles. The van der Waals surface area contributed by atoms with Gasteiger partial charge in [0.05, 0.1) is 18.7 Å². The summed E-state index contributed by atoms with van der Waals surface area (Å²) >= 11 is 0. The summed E-state index contributed by atoms with van der Waals surface area (Å²) in [6.45, 7) is 1.82. The van der Waals surface area contributed by atoms with Gasteiger partial charge in [0.15, 0.2) is 0 Å². The van der Waals surface area contributed by atoms with Crippen LogP contribution >= 0.6 is 0 Å². The summed E-state index contributed by atoms with van der Waals surface area (Å²) in [5.74, 6) is 0.0826. The Morgan fingerprint density at radius 2 is 2.11 bits per heavy atom. The first-order valence-electron chi connectivity index (χ1n) is 5.73. The number of benzene rings is 1. The maximum absolute atomic E-state index is 13.4. The van der Waals surface area contributed by atoms with Crippen LogP contribution in [0.4, 0.5) is 4.39 Å². The van der Waals surface area contributed by atoms with E-state index in [1.165, 1.54) is 6.07 Å². The molecule has 0 aliphatic carbocycles. The van der Waals surface area contributed by atoms with Crippen molar-refractivity contribution in [2.24, 2.45) is 0 Å². The lowest BCUT2D eigenvalue weighted by molar-refractivity contribution is -0.121.